The van der Waals surface area contributed by atoms with Crippen LogP contribution < -0.4 is 5.32 Å². The first-order valence-electron chi connectivity index (χ1n) is 5.66. The van der Waals surface area contributed by atoms with Crippen LogP contribution in [0.2, 0.25) is 0 Å². The van der Waals surface area contributed by atoms with E-state index < -0.39 is 0 Å². The maximum Gasteiger partial charge on any atom is 0.0388 e. The molecule has 1 aliphatic rings. The van der Waals surface area contributed by atoms with Crippen LogP contribution in [-0.4, -0.2) is 31.1 Å². The molecule has 2 atom stereocenters. The molecule has 0 amide bonds. The van der Waals surface area contributed by atoms with Gasteiger partial charge in [0.15, 0.2) is 0 Å². The summed E-state index contributed by atoms with van der Waals surface area (Å²) in [6.45, 7) is 6.86. The molecule has 1 aromatic rings. The quantitative estimate of drug-likeness (QED) is 0.848. The fraction of sp³-hybridized carbons (Fsp3) is 0.667. The molecule has 0 unspecified atom stereocenters. The van der Waals surface area contributed by atoms with Crippen molar-refractivity contribution < 1.29 is 0 Å². The SMILES string of the molecule is Cc1ccc([C@@H](C)N[C@H]2CCN(C)C2)s1. The standard InChI is InChI=1S/C12H20N2S/c1-9-4-5-12(15-9)10(2)13-11-6-7-14(3)8-11/h4-5,10-11,13H,6-8H2,1-3H3/t10-,11+/m1/s1. The number of aryl methyl sites for hydroxylation is 1. The molecule has 1 fully saturated rings. The van der Waals surface area contributed by atoms with Gasteiger partial charge < -0.3 is 10.2 Å². The summed E-state index contributed by atoms with van der Waals surface area (Å²) in [6, 6.07) is 5.63. The summed E-state index contributed by atoms with van der Waals surface area (Å²) in [4.78, 5) is 5.26. The third-order valence-electron chi connectivity index (χ3n) is 3.06. The predicted molar refractivity (Wildman–Crippen MR) is 66.5 cm³/mol. The van der Waals surface area contributed by atoms with Gasteiger partial charge in [-0.2, -0.15) is 0 Å². The number of hydrogen-bond donors (Lipinski definition) is 1. The molecule has 1 saturated heterocycles. The maximum absolute atomic E-state index is 3.71. The number of nitrogens with zero attached hydrogens (tertiary/aromatic N) is 1. The molecule has 1 aromatic heterocycles. The maximum atomic E-state index is 3.71. The molecule has 0 radical (unpaired) electrons. The summed E-state index contributed by atoms with van der Waals surface area (Å²) in [5.41, 5.74) is 0. The van der Waals surface area contributed by atoms with E-state index in [4.69, 9.17) is 0 Å². The number of thiophene rings is 1. The van der Waals surface area contributed by atoms with Gasteiger partial charge >= 0.3 is 0 Å². The molecule has 84 valence electrons. The van der Waals surface area contributed by atoms with Crippen LogP contribution in [0.3, 0.4) is 0 Å². The average molecular weight is 224 g/mol. The van der Waals surface area contributed by atoms with Crippen molar-refractivity contribution in [3.8, 4) is 0 Å². The Kier molecular flexibility index (Phi) is 3.44. The first kappa shape index (κ1) is 11.1. The number of rotatable bonds is 3. The van der Waals surface area contributed by atoms with Crippen LogP contribution in [-0.2, 0) is 0 Å². The fourth-order valence-electron chi connectivity index (χ4n) is 2.19. The van der Waals surface area contributed by atoms with Gasteiger partial charge in [-0.05, 0) is 46.0 Å². The van der Waals surface area contributed by atoms with E-state index in [1.807, 2.05) is 11.3 Å². The Morgan fingerprint density at radius 1 is 1.53 bits per heavy atom. The minimum atomic E-state index is 0.500. The summed E-state index contributed by atoms with van der Waals surface area (Å²) in [5, 5.41) is 3.71. The number of likely N-dealkylation sites (tertiary alicyclic amines) is 1. The third-order valence-corrected chi connectivity index (χ3v) is 4.25. The molecule has 2 heterocycles. The number of likely N-dealkylation sites (N-methyl/N-ethyl adjacent to an activating group) is 1. The van der Waals surface area contributed by atoms with E-state index in [1.165, 1.54) is 29.3 Å². The summed E-state index contributed by atoms with van der Waals surface area (Å²) >= 11 is 1.90. The zero-order valence-electron chi connectivity index (χ0n) is 9.79. The molecule has 0 saturated carbocycles. The van der Waals surface area contributed by atoms with E-state index in [0.717, 1.165) is 0 Å². The van der Waals surface area contributed by atoms with Gasteiger partial charge in [-0.25, -0.2) is 0 Å². The second-order valence-corrected chi connectivity index (χ2v) is 5.90. The van der Waals surface area contributed by atoms with Crippen molar-refractivity contribution in [3.63, 3.8) is 0 Å². The van der Waals surface area contributed by atoms with E-state index in [0.29, 0.717) is 12.1 Å². The van der Waals surface area contributed by atoms with Crippen molar-refractivity contribution in [1.82, 2.24) is 10.2 Å². The van der Waals surface area contributed by atoms with E-state index in [2.05, 4.69) is 43.2 Å². The fourth-order valence-corrected chi connectivity index (χ4v) is 3.08. The Labute approximate surface area is 96.3 Å². The highest BCUT2D eigenvalue weighted by Crippen LogP contribution is 2.23. The molecule has 1 aliphatic heterocycles. The van der Waals surface area contributed by atoms with Crippen molar-refractivity contribution in [1.29, 1.82) is 0 Å². The Balaban J connectivity index is 1.89. The zero-order chi connectivity index (χ0) is 10.8. The minimum absolute atomic E-state index is 0.500. The van der Waals surface area contributed by atoms with Crippen molar-refractivity contribution in [3.05, 3.63) is 21.9 Å². The van der Waals surface area contributed by atoms with Crippen LogP contribution in [0.4, 0.5) is 0 Å². The van der Waals surface area contributed by atoms with Crippen LogP contribution >= 0.6 is 11.3 Å². The van der Waals surface area contributed by atoms with Gasteiger partial charge in [-0.3, -0.25) is 0 Å². The topological polar surface area (TPSA) is 15.3 Å². The molecule has 0 aliphatic carbocycles. The highest BCUT2D eigenvalue weighted by atomic mass is 32.1. The average Bonchev–Trinajstić information content (AvgIpc) is 2.75. The molecule has 0 aromatic carbocycles. The van der Waals surface area contributed by atoms with Crippen molar-refractivity contribution in [2.24, 2.45) is 0 Å². The van der Waals surface area contributed by atoms with Crippen LogP contribution in [0.25, 0.3) is 0 Å². The van der Waals surface area contributed by atoms with Gasteiger partial charge in [0.05, 0.1) is 0 Å². The molecular formula is C12H20N2S. The largest absolute Gasteiger partial charge is 0.305 e. The second kappa shape index (κ2) is 4.64. The first-order chi connectivity index (χ1) is 7.15. The highest BCUT2D eigenvalue weighted by Gasteiger charge is 2.21. The molecule has 2 nitrogen and oxygen atoms in total. The van der Waals surface area contributed by atoms with E-state index in [9.17, 15) is 0 Å². The second-order valence-electron chi connectivity index (χ2n) is 4.58. The normalized spacial score (nSPS) is 24.6. The van der Waals surface area contributed by atoms with Crippen molar-refractivity contribution in [2.75, 3.05) is 20.1 Å². The van der Waals surface area contributed by atoms with Crippen LogP contribution in [0, 0.1) is 6.92 Å². The van der Waals surface area contributed by atoms with Crippen LogP contribution in [0.1, 0.15) is 29.1 Å². The molecular weight excluding hydrogens is 204 g/mol. The summed E-state index contributed by atoms with van der Waals surface area (Å²) < 4.78 is 0. The zero-order valence-corrected chi connectivity index (χ0v) is 10.6. The Morgan fingerprint density at radius 3 is 2.87 bits per heavy atom. The van der Waals surface area contributed by atoms with Gasteiger partial charge in [0.1, 0.15) is 0 Å². The Morgan fingerprint density at radius 2 is 2.33 bits per heavy atom. The molecule has 1 N–H and O–H groups in total. The van der Waals surface area contributed by atoms with E-state index in [1.54, 1.807) is 0 Å². The van der Waals surface area contributed by atoms with Crippen LogP contribution in [0.15, 0.2) is 12.1 Å². The Bertz CT molecular complexity index is 321. The van der Waals surface area contributed by atoms with Gasteiger partial charge in [0, 0.05) is 28.4 Å². The molecule has 3 heteroatoms. The number of hydrogen-bond acceptors (Lipinski definition) is 3. The smallest absolute Gasteiger partial charge is 0.0388 e. The monoisotopic (exact) mass is 224 g/mol. The summed E-state index contributed by atoms with van der Waals surface area (Å²) in [5.74, 6) is 0. The lowest BCUT2D eigenvalue weighted by Gasteiger charge is -2.18. The highest BCUT2D eigenvalue weighted by molar-refractivity contribution is 7.12. The first-order valence-corrected chi connectivity index (χ1v) is 6.47. The van der Waals surface area contributed by atoms with Gasteiger partial charge in [-0.1, -0.05) is 0 Å². The van der Waals surface area contributed by atoms with Gasteiger partial charge in [0.2, 0.25) is 0 Å². The molecule has 2 rings (SSSR count). The van der Waals surface area contributed by atoms with E-state index in [-0.39, 0.29) is 0 Å². The lowest BCUT2D eigenvalue weighted by Crippen LogP contribution is -2.33. The van der Waals surface area contributed by atoms with Crippen LogP contribution in [0.5, 0.6) is 0 Å². The third kappa shape index (κ3) is 2.80. The van der Waals surface area contributed by atoms with E-state index >= 15 is 0 Å². The van der Waals surface area contributed by atoms with Gasteiger partial charge in [-0.15, -0.1) is 11.3 Å². The van der Waals surface area contributed by atoms with Crippen molar-refractivity contribution in [2.45, 2.75) is 32.4 Å². The number of nitrogens with one attached hydrogen (secondary N) is 1. The predicted octanol–water partition coefficient (Wildman–Crippen LogP) is 2.41. The molecule has 0 spiro atoms. The lowest BCUT2D eigenvalue weighted by atomic mass is 10.2. The minimum Gasteiger partial charge on any atom is -0.305 e. The Hall–Kier alpha value is -0.380. The summed E-state index contributed by atoms with van der Waals surface area (Å²) in [7, 11) is 2.20. The lowest BCUT2D eigenvalue weighted by molar-refractivity contribution is 0.388. The van der Waals surface area contributed by atoms with Gasteiger partial charge in [0.25, 0.3) is 0 Å². The molecule has 0 bridgehead atoms. The summed E-state index contributed by atoms with van der Waals surface area (Å²) in [6.07, 6.45) is 1.28. The molecule has 15 heavy (non-hydrogen) atoms. The van der Waals surface area contributed by atoms with Crippen molar-refractivity contribution >= 4 is 11.3 Å².